The Labute approximate surface area is 117 Å². The highest BCUT2D eigenvalue weighted by Crippen LogP contribution is 2.18. The number of aromatic amines is 1. The number of sulfonamides is 1. The number of aromatic nitrogens is 3. The molecule has 0 aliphatic rings. The van der Waals surface area contributed by atoms with Crippen LogP contribution in [-0.2, 0) is 10.0 Å². The van der Waals surface area contributed by atoms with E-state index >= 15 is 0 Å². The summed E-state index contributed by atoms with van der Waals surface area (Å²) in [5, 5.41) is 15.0. The van der Waals surface area contributed by atoms with Crippen LogP contribution < -0.4 is 10.5 Å². The maximum atomic E-state index is 11.2. The smallest absolute Gasteiger partial charge is 0.238 e. The summed E-state index contributed by atoms with van der Waals surface area (Å²) >= 11 is 0. The molecule has 0 bridgehead atoms. The summed E-state index contributed by atoms with van der Waals surface area (Å²) in [5.74, 6) is 0.748. The average Bonchev–Trinajstić information content (AvgIpc) is 2.91. The Hall–Kier alpha value is -1.77. The Morgan fingerprint density at radius 1 is 1.20 bits per heavy atom. The van der Waals surface area contributed by atoms with Crippen molar-refractivity contribution in [1.29, 1.82) is 0 Å². The Bertz CT molecular complexity index is 652. The third-order valence-electron chi connectivity index (χ3n) is 3.05. The van der Waals surface area contributed by atoms with Crippen LogP contribution >= 0.6 is 0 Å². The first-order valence-corrected chi connectivity index (χ1v) is 7.66. The summed E-state index contributed by atoms with van der Waals surface area (Å²) in [5.41, 5.74) is 0.962. The molecule has 2 atom stereocenters. The van der Waals surface area contributed by atoms with E-state index in [4.69, 9.17) is 5.14 Å². The molecule has 108 valence electrons. The van der Waals surface area contributed by atoms with Crippen molar-refractivity contribution >= 4 is 10.0 Å². The number of hydrogen-bond acceptors (Lipinski definition) is 5. The molecule has 20 heavy (non-hydrogen) atoms. The molecule has 0 saturated carbocycles. The zero-order valence-corrected chi connectivity index (χ0v) is 12.1. The minimum atomic E-state index is -3.65. The Morgan fingerprint density at radius 3 is 2.35 bits per heavy atom. The van der Waals surface area contributed by atoms with Gasteiger partial charge in [0.1, 0.15) is 12.2 Å². The molecule has 4 N–H and O–H groups in total. The van der Waals surface area contributed by atoms with E-state index in [1.807, 2.05) is 13.8 Å². The third kappa shape index (κ3) is 3.41. The van der Waals surface area contributed by atoms with Gasteiger partial charge in [0.25, 0.3) is 0 Å². The van der Waals surface area contributed by atoms with E-state index < -0.39 is 10.0 Å². The summed E-state index contributed by atoms with van der Waals surface area (Å²) in [6.45, 7) is 3.95. The largest absolute Gasteiger partial charge is 0.301 e. The zero-order valence-electron chi connectivity index (χ0n) is 11.2. The van der Waals surface area contributed by atoms with Crippen LogP contribution in [0.3, 0.4) is 0 Å². The molecule has 0 radical (unpaired) electrons. The van der Waals surface area contributed by atoms with Crippen molar-refractivity contribution in [2.24, 2.45) is 5.14 Å². The van der Waals surface area contributed by atoms with Crippen LogP contribution in [0.5, 0.6) is 0 Å². The number of primary sulfonamides is 1. The van der Waals surface area contributed by atoms with Gasteiger partial charge in [0.15, 0.2) is 0 Å². The molecule has 2 unspecified atom stereocenters. The number of benzene rings is 1. The number of nitrogens with zero attached hydrogens (tertiary/aromatic N) is 2. The minimum Gasteiger partial charge on any atom is -0.301 e. The lowest BCUT2D eigenvalue weighted by Gasteiger charge is -2.18. The van der Waals surface area contributed by atoms with Crippen molar-refractivity contribution in [3.8, 4) is 0 Å². The molecule has 2 rings (SSSR count). The van der Waals surface area contributed by atoms with Crippen LogP contribution in [0, 0.1) is 0 Å². The van der Waals surface area contributed by atoms with Gasteiger partial charge in [-0.05, 0) is 31.5 Å². The summed E-state index contributed by atoms with van der Waals surface area (Å²) in [6, 6.07) is 6.52. The van der Waals surface area contributed by atoms with Crippen molar-refractivity contribution in [3.05, 3.63) is 42.0 Å². The van der Waals surface area contributed by atoms with E-state index in [9.17, 15) is 8.42 Å². The minimum absolute atomic E-state index is 0.00502. The third-order valence-corrected chi connectivity index (χ3v) is 3.98. The van der Waals surface area contributed by atoms with Crippen LogP contribution in [-0.4, -0.2) is 23.6 Å². The molecule has 1 heterocycles. The molecular formula is C12H17N5O2S. The van der Waals surface area contributed by atoms with Crippen molar-refractivity contribution in [1.82, 2.24) is 20.5 Å². The van der Waals surface area contributed by atoms with Crippen LogP contribution in [0.4, 0.5) is 0 Å². The van der Waals surface area contributed by atoms with Crippen molar-refractivity contribution in [2.45, 2.75) is 30.8 Å². The predicted molar refractivity (Wildman–Crippen MR) is 74.2 cm³/mol. The molecular weight excluding hydrogens is 278 g/mol. The second kappa shape index (κ2) is 5.70. The van der Waals surface area contributed by atoms with Gasteiger partial charge in [-0.3, -0.25) is 5.10 Å². The highest BCUT2D eigenvalue weighted by molar-refractivity contribution is 7.89. The second-order valence-corrected chi connectivity index (χ2v) is 6.16. The van der Waals surface area contributed by atoms with Crippen molar-refractivity contribution in [2.75, 3.05) is 0 Å². The topological polar surface area (TPSA) is 114 Å². The Morgan fingerprint density at radius 2 is 1.85 bits per heavy atom. The summed E-state index contributed by atoms with van der Waals surface area (Å²) in [6.07, 6.45) is 1.46. The zero-order chi connectivity index (χ0) is 14.8. The summed E-state index contributed by atoms with van der Waals surface area (Å²) < 4.78 is 22.4. The van der Waals surface area contributed by atoms with Crippen LogP contribution in [0.1, 0.15) is 37.3 Å². The van der Waals surface area contributed by atoms with Gasteiger partial charge >= 0.3 is 0 Å². The molecule has 8 heteroatoms. The van der Waals surface area contributed by atoms with Gasteiger partial charge < -0.3 is 5.32 Å². The molecule has 0 fully saturated rings. The monoisotopic (exact) mass is 295 g/mol. The van der Waals surface area contributed by atoms with E-state index in [0.29, 0.717) is 0 Å². The van der Waals surface area contributed by atoms with Gasteiger partial charge in [0.05, 0.1) is 10.9 Å². The van der Waals surface area contributed by atoms with E-state index in [1.165, 1.54) is 18.5 Å². The van der Waals surface area contributed by atoms with Gasteiger partial charge in [-0.15, -0.1) is 0 Å². The van der Waals surface area contributed by atoms with E-state index in [2.05, 4.69) is 20.5 Å². The van der Waals surface area contributed by atoms with Crippen LogP contribution in [0.25, 0.3) is 0 Å². The van der Waals surface area contributed by atoms with Gasteiger partial charge in [-0.25, -0.2) is 18.5 Å². The lowest BCUT2D eigenvalue weighted by molar-refractivity contribution is 0.477. The summed E-state index contributed by atoms with van der Waals surface area (Å²) in [7, 11) is -3.65. The molecule has 0 spiro atoms. The second-order valence-electron chi connectivity index (χ2n) is 4.59. The van der Waals surface area contributed by atoms with Crippen LogP contribution in [0.15, 0.2) is 35.5 Å². The van der Waals surface area contributed by atoms with Crippen molar-refractivity contribution < 1.29 is 8.42 Å². The molecule has 0 saturated heterocycles. The molecule has 2 aromatic rings. The molecule has 1 aromatic heterocycles. The normalized spacial score (nSPS) is 14.9. The molecule has 1 aromatic carbocycles. The SMILES string of the molecule is CC(NC(C)c1ncn[nH]1)c1ccc(S(N)(=O)=O)cc1. The average molecular weight is 295 g/mol. The first-order valence-electron chi connectivity index (χ1n) is 6.12. The van der Waals surface area contributed by atoms with Gasteiger partial charge in [0, 0.05) is 6.04 Å². The van der Waals surface area contributed by atoms with E-state index in [0.717, 1.165) is 11.4 Å². The molecule has 0 aliphatic heterocycles. The van der Waals surface area contributed by atoms with E-state index in [1.54, 1.807) is 12.1 Å². The van der Waals surface area contributed by atoms with Gasteiger partial charge in [0.2, 0.25) is 10.0 Å². The van der Waals surface area contributed by atoms with Crippen molar-refractivity contribution in [3.63, 3.8) is 0 Å². The first kappa shape index (κ1) is 14.6. The number of hydrogen-bond donors (Lipinski definition) is 3. The van der Waals surface area contributed by atoms with E-state index in [-0.39, 0.29) is 17.0 Å². The highest BCUT2D eigenvalue weighted by Gasteiger charge is 2.14. The maximum Gasteiger partial charge on any atom is 0.238 e. The number of nitrogens with one attached hydrogen (secondary N) is 2. The maximum absolute atomic E-state index is 11.2. The number of H-pyrrole nitrogens is 1. The fourth-order valence-corrected chi connectivity index (χ4v) is 2.44. The number of rotatable bonds is 5. The van der Waals surface area contributed by atoms with Gasteiger partial charge in [-0.2, -0.15) is 5.10 Å². The Balaban J connectivity index is 2.08. The first-order chi connectivity index (χ1) is 9.38. The lowest BCUT2D eigenvalue weighted by atomic mass is 10.1. The molecule has 0 amide bonds. The fraction of sp³-hybridized carbons (Fsp3) is 0.333. The standard InChI is InChI=1S/C12H17N5O2S/c1-8(16-9(2)12-14-7-15-17-12)10-3-5-11(6-4-10)20(13,18)19/h3-9,16H,1-2H3,(H2,13,18,19)(H,14,15,17). The fourth-order valence-electron chi connectivity index (χ4n) is 1.92. The summed E-state index contributed by atoms with van der Waals surface area (Å²) in [4.78, 5) is 4.19. The number of nitrogens with two attached hydrogens (primary N) is 1. The lowest BCUT2D eigenvalue weighted by Crippen LogP contribution is -2.23. The quantitative estimate of drug-likeness (QED) is 0.757. The molecule has 7 nitrogen and oxygen atoms in total. The molecule has 0 aliphatic carbocycles. The van der Waals surface area contributed by atoms with Crippen LogP contribution in [0.2, 0.25) is 0 Å². The predicted octanol–water partition coefficient (Wildman–Crippen LogP) is 0.864. The highest BCUT2D eigenvalue weighted by atomic mass is 32.2. The van der Waals surface area contributed by atoms with Gasteiger partial charge in [-0.1, -0.05) is 12.1 Å². The Kier molecular flexibility index (Phi) is 4.17.